The Hall–Kier alpha value is -0.900. The van der Waals surface area contributed by atoms with E-state index in [-0.39, 0.29) is 24.6 Å². The number of esters is 1. The number of ketones is 1. The third-order valence-corrected chi connectivity index (χ3v) is 1.94. The Morgan fingerprint density at radius 3 is 2.29 bits per heavy atom. The number of carbonyl (C=O) groups excluding carboxylic acids is 2. The van der Waals surface area contributed by atoms with Crippen LogP contribution in [0.3, 0.4) is 0 Å². The minimum Gasteiger partial charge on any atom is -0.469 e. The molecule has 0 aromatic rings. The van der Waals surface area contributed by atoms with Crippen LogP contribution in [-0.4, -0.2) is 24.9 Å². The second kappa shape index (κ2) is 6.54. The van der Waals surface area contributed by atoms with Gasteiger partial charge in [0.25, 0.3) is 0 Å². The molecule has 1 atom stereocenters. The van der Waals surface area contributed by atoms with Gasteiger partial charge in [-0.3, -0.25) is 9.59 Å². The van der Waals surface area contributed by atoms with E-state index >= 15 is 0 Å². The van der Waals surface area contributed by atoms with Crippen LogP contribution in [-0.2, 0) is 14.3 Å². The molecule has 4 heteroatoms. The third-order valence-electron chi connectivity index (χ3n) is 1.94. The minimum absolute atomic E-state index is 0.0656. The summed E-state index contributed by atoms with van der Waals surface area (Å²) >= 11 is 0. The van der Waals surface area contributed by atoms with Crippen LogP contribution in [0.25, 0.3) is 0 Å². The van der Waals surface area contributed by atoms with Crippen molar-refractivity contribution >= 4 is 11.8 Å². The highest BCUT2D eigenvalue weighted by Crippen LogP contribution is 2.06. The molecule has 0 aromatic carbocycles. The Morgan fingerprint density at radius 1 is 1.29 bits per heavy atom. The second-order valence-corrected chi connectivity index (χ2v) is 3.78. The smallest absolute Gasteiger partial charge is 0.305 e. The number of Topliss-reactive ketones (excluding diaryl/α,β-unsaturated/α-hetero) is 1. The van der Waals surface area contributed by atoms with Crippen LogP contribution in [0.15, 0.2) is 0 Å². The van der Waals surface area contributed by atoms with Crippen LogP contribution in [0.1, 0.15) is 33.1 Å². The van der Waals surface area contributed by atoms with E-state index in [1.807, 2.05) is 13.8 Å². The number of ether oxygens (including phenoxy) is 1. The molecule has 14 heavy (non-hydrogen) atoms. The van der Waals surface area contributed by atoms with E-state index in [1.165, 1.54) is 7.11 Å². The van der Waals surface area contributed by atoms with Crippen molar-refractivity contribution in [1.82, 2.24) is 0 Å². The summed E-state index contributed by atoms with van der Waals surface area (Å²) in [6, 6.07) is -0.445. The molecule has 0 unspecified atom stereocenters. The maximum absolute atomic E-state index is 11.4. The van der Waals surface area contributed by atoms with Crippen molar-refractivity contribution in [3.63, 3.8) is 0 Å². The number of methoxy groups -OCH3 is 1. The summed E-state index contributed by atoms with van der Waals surface area (Å²) in [4.78, 5) is 22.1. The molecule has 2 N–H and O–H groups in total. The van der Waals surface area contributed by atoms with Crippen LogP contribution in [0.4, 0.5) is 0 Å². The molecule has 0 aliphatic heterocycles. The molecule has 0 heterocycles. The van der Waals surface area contributed by atoms with Crippen LogP contribution in [0.2, 0.25) is 0 Å². The molecule has 0 fully saturated rings. The third kappa shape index (κ3) is 5.70. The van der Waals surface area contributed by atoms with E-state index in [0.29, 0.717) is 12.3 Å². The van der Waals surface area contributed by atoms with Crippen molar-refractivity contribution in [3.05, 3.63) is 0 Å². The quantitative estimate of drug-likeness (QED) is 0.648. The second-order valence-electron chi connectivity index (χ2n) is 3.78. The molecule has 0 aliphatic carbocycles. The van der Waals surface area contributed by atoms with Gasteiger partial charge in [-0.25, -0.2) is 0 Å². The van der Waals surface area contributed by atoms with Gasteiger partial charge in [0, 0.05) is 6.42 Å². The number of carbonyl (C=O) groups is 2. The summed E-state index contributed by atoms with van der Waals surface area (Å²) in [5.41, 5.74) is 5.64. The zero-order valence-corrected chi connectivity index (χ0v) is 9.08. The molecular formula is C10H19NO3. The summed E-state index contributed by atoms with van der Waals surface area (Å²) in [6.07, 6.45) is 0.974. The first-order valence-corrected chi connectivity index (χ1v) is 4.82. The van der Waals surface area contributed by atoms with E-state index in [2.05, 4.69) is 4.74 Å². The fraction of sp³-hybridized carbons (Fsp3) is 0.800. The molecule has 0 aromatic heterocycles. The average Bonchev–Trinajstić information content (AvgIpc) is 2.12. The molecule has 0 radical (unpaired) electrons. The van der Waals surface area contributed by atoms with Crippen LogP contribution in [0, 0.1) is 5.92 Å². The van der Waals surface area contributed by atoms with Gasteiger partial charge in [0.05, 0.1) is 19.6 Å². The zero-order valence-electron chi connectivity index (χ0n) is 9.08. The average molecular weight is 201 g/mol. The zero-order chi connectivity index (χ0) is 11.1. The van der Waals surface area contributed by atoms with Gasteiger partial charge in [0.15, 0.2) is 0 Å². The molecule has 0 bridgehead atoms. The van der Waals surface area contributed by atoms with E-state index in [0.717, 1.165) is 0 Å². The first kappa shape index (κ1) is 13.1. The Bertz CT molecular complexity index is 202. The molecule has 0 saturated carbocycles. The lowest BCUT2D eigenvalue weighted by molar-refractivity contribution is -0.142. The van der Waals surface area contributed by atoms with E-state index in [4.69, 9.17) is 5.73 Å². The van der Waals surface area contributed by atoms with Crippen molar-refractivity contribution in [2.45, 2.75) is 39.2 Å². The predicted molar refractivity (Wildman–Crippen MR) is 53.7 cm³/mol. The number of hydrogen-bond acceptors (Lipinski definition) is 4. The number of rotatable bonds is 6. The molecule has 4 nitrogen and oxygen atoms in total. The van der Waals surface area contributed by atoms with Gasteiger partial charge < -0.3 is 10.5 Å². The lowest BCUT2D eigenvalue weighted by Gasteiger charge is -2.12. The summed E-state index contributed by atoms with van der Waals surface area (Å²) in [6.45, 7) is 4.01. The molecule has 0 spiro atoms. The number of hydrogen-bond donors (Lipinski definition) is 1. The summed E-state index contributed by atoms with van der Waals surface area (Å²) in [5, 5.41) is 0. The summed E-state index contributed by atoms with van der Waals surface area (Å²) in [5.74, 6) is -0.0359. The van der Waals surface area contributed by atoms with E-state index in [1.54, 1.807) is 0 Å². The monoisotopic (exact) mass is 201 g/mol. The Kier molecular flexibility index (Phi) is 6.12. The molecule has 0 aliphatic rings. The molecule has 82 valence electrons. The minimum atomic E-state index is -0.445. The Morgan fingerprint density at radius 2 is 1.86 bits per heavy atom. The number of nitrogens with two attached hydrogens (primary N) is 1. The van der Waals surface area contributed by atoms with Gasteiger partial charge in [-0.15, -0.1) is 0 Å². The molecule has 0 saturated heterocycles. The van der Waals surface area contributed by atoms with Crippen LogP contribution in [0.5, 0.6) is 0 Å². The van der Waals surface area contributed by atoms with Gasteiger partial charge in [-0.2, -0.15) is 0 Å². The largest absolute Gasteiger partial charge is 0.469 e. The lowest BCUT2D eigenvalue weighted by atomic mass is 9.99. The fourth-order valence-electron chi connectivity index (χ4n) is 1.15. The van der Waals surface area contributed by atoms with Crippen LogP contribution < -0.4 is 5.73 Å². The lowest BCUT2D eigenvalue weighted by Crippen LogP contribution is -2.32. The normalized spacial score (nSPS) is 12.6. The van der Waals surface area contributed by atoms with Gasteiger partial charge in [-0.05, 0) is 12.3 Å². The van der Waals surface area contributed by atoms with Crippen molar-refractivity contribution < 1.29 is 14.3 Å². The van der Waals surface area contributed by atoms with Crippen LogP contribution >= 0.6 is 0 Å². The Labute approximate surface area is 84.8 Å². The fourth-order valence-corrected chi connectivity index (χ4v) is 1.15. The summed E-state index contributed by atoms with van der Waals surface area (Å²) in [7, 11) is 1.31. The summed E-state index contributed by atoms with van der Waals surface area (Å²) < 4.78 is 4.43. The van der Waals surface area contributed by atoms with Crippen molar-refractivity contribution in [3.8, 4) is 0 Å². The maximum atomic E-state index is 11.4. The molecular weight excluding hydrogens is 182 g/mol. The van der Waals surface area contributed by atoms with E-state index < -0.39 is 6.04 Å². The van der Waals surface area contributed by atoms with Crippen molar-refractivity contribution in [2.75, 3.05) is 7.11 Å². The van der Waals surface area contributed by atoms with Gasteiger partial charge >= 0.3 is 5.97 Å². The SMILES string of the molecule is COC(=O)CCC(=O)[C@@H](N)CC(C)C. The van der Waals surface area contributed by atoms with Gasteiger partial charge in [0.2, 0.25) is 0 Å². The van der Waals surface area contributed by atoms with Crippen molar-refractivity contribution in [2.24, 2.45) is 11.7 Å². The predicted octanol–water partition coefficient (Wildman–Crippen LogP) is 0.882. The van der Waals surface area contributed by atoms with Gasteiger partial charge in [0.1, 0.15) is 5.78 Å². The highest BCUT2D eigenvalue weighted by molar-refractivity contribution is 5.86. The first-order chi connectivity index (χ1) is 6.47. The maximum Gasteiger partial charge on any atom is 0.305 e. The van der Waals surface area contributed by atoms with Gasteiger partial charge in [-0.1, -0.05) is 13.8 Å². The standard InChI is InChI=1S/C10H19NO3/c1-7(2)6-8(11)9(12)4-5-10(13)14-3/h7-8H,4-6,11H2,1-3H3/t8-/m0/s1. The van der Waals surface area contributed by atoms with Crippen molar-refractivity contribution in [1.29, 1.82) is 0 Å². The Balaban J connectivity index is 3.78. The first-order valence-electron chi connectivity index (χ1n) is 4.82. The van der Waals surface area contributed by atoms with E-state index in [9.17, 15) is 9.59 Å². The molecule has 0 amide bonds. The molecule has 0 rings (SSSR count). The highest BCUT2D eigenvalue weighted by Gasteiger charge is 2.16. The topological polar surface area (TPSA) is 69.4 Å². The highest BCUT2D eigenvalue weighted by atomic mass is 16.5.